The lowest BCUT2D eigenvalue weighted by molar-refractivity contribution is 0.549. The van der Waals surface area contributed by atoms with Gasteiger partial charge in [-0.1, -0.05) is 84.0 Å². The number of hydrogen-bond acceptors (Lipinski definition) is 0. The quantitative estimate of drug-likeness (QED) is 0.361. The van der Waals surface area contributed by atoms with Crippen molar-refractivity contribution in [2.45, 2.75) is 84.0 Å². The molecule has 0 bridgehead atoms. The van der Waals surface area contributed by atoms with Crippen molar-refractivity contribution in [3.05, 3.63) is 13.3 Å². The third kappa shape index (κ3) is 14.0. The topological polar surface area (TPSA) is 0 Å². The zero-order valence-corrected chi connectivity index (χ0v) is 10.8. The summed E-state index contributed by atoms with van der Waals surface area (Å²) in [5, 5.41) is 0. The van der Waals surface area contributed by atoms with Gasteiger partial charge in [-0.2, -0.15) is 0 Å². The zero-order chi connectivity index (χ0) is 11.2. The van der Waals surface area contributed by atoms with Gasteiger partial charge >= 0.3 is 0 Å². The molecule has 0 nitrogen and oxygen atoms in total. The Kier molecular flexibility index (Phi) is 14.0. The van der Waals surface area contributed by atoms with Crippen molar-refractivity contribution in [1.82, 2.24) is 0 Å². The average Bonchev–Trinajstić information content (AvgIpc) is 2.26. The highest BCUT2D eigenvalue weighted by molar-refractivity contribution is 4.65. The molecule has 0 heteroatoms. The molecule has 0 aromatic heterocycles. The molecule has 0 atom stereocenters. The molecule has 0 saturated heterocycles. The van der Waals surface area contributed by atoms with E-state index in [1.165, 1.54) is 77.0 Å². The van der Waals surface area contributed by atoms with Crippen LogP contribution in [-0.4, -0.2) is 0 Å². The van der Waals surface area contributed by atoms with E-state index in [1.807, 2.05) is 6.42 Å². The summed E-state index contributed by atoms with van der Waals surface area (Å²) in [6.07, 6.45) is 19.0. The first-order valence-corrected chi connectivity index (χ1v) is 7.02. The van der Waals surface area contributed by atoms with Gasteiger partial charge in [-0.25, -0.2) is 0 Å². The molecule has 0 heterocycles. The fourth-order valence-electron chi connectivity index (χ4n) is 1.95. The van der Waals surface area contributed by atoms with E-state index >= 15 is 0 Å². The Bertz CT molecular complexity index is 84.2. The first-order valence-electron chi connectivity index (χ1n) is 7.02. The van der Waals surface area contributed by atoms with Gasteiger partial charge in [0, 0.05) is 0 Å². The highest BCUT2D eigenvalue weighted by Crippen LogP contribution is 2.11. The van der Waals surface area contributed by atoms with Crippen molar-refractivity contribution < 1.29 is 0 Å². The minimum absolute atomic E-state index is 1.21. The maximum absolute atomic E-state index is 3.74. The van der Waals surface area contributed by atoms with E-state index < -0.39 is 0 Å². The van der Waals surface area contributed by atoms with Crippen molar-refractivity contribution in [2.24, 2.45) is 0 Å². The van der Waals surface area contributed by atoms with Gasteiger partial charge in [0.15, 0.2) is 0 Å². The second-order valence-corrected chi connectivity index (χ2v) is 4.61. The maximum atomic E-state index is 3.74. The monoisotopic (exact) mass is 210 g/mol. The summed E-state index contributed by atoms with van der Waals surface area (Å²) >= 11 is 0. The molecule has 0 aliphatic heterocycles. The van der Waals surface area contributed by atoms with Crippen LogP contribution in [0.25, 0.3) is 0 Å². The summed E-state index contributed by atoms with van der Waals surface area (Å²) in [7, 11) is 0. The predicted octanol–water partition coefficient (Wildman–Crippen LogP) is 5.73. The zero-order valence-electron chi connectivity index (χ0n) is 10.8. The van der Waals surface area contributed by atoms with Gasteiger partial charge in [0.25, 0.3) is 0 Å². The van der Waals surface area contributed by atoms with Gasteiger partial charge < -0.3 is 0 Å². The first kappa shape index (κ1) is 15.0. The standard InChI is InChI=1S/C15H30/c1-3-5-7-9-11-13-15-14-12-10-8-6-4-2/h3H,1,4-15H2,2H3. The minimum Gasteiger partial charge on any atom is -0.0654 e. The van der Waals surface area contributed by atoms with E-state index in [-0.39, 0.29) is 0 Å². The van der Waals surface area contributed by atoms with Crippen LogP contribution in [-0.2, 0) is 0 Å². The van der Waals surface area contributed by atoms with E-state index in [0.717, 1.165) is 0 Å². The third-order valence-corrected chi connectivity index (χ3v) is 3.01. The summed E-state index contributed by atoms with van der Waals surface area (Å²) in [4.78, 5) is 0. The van der Waals surface area contributed by atoms with Gasteiger partial charge in [0.2, 0.25) is 0 Å². The average molecular weight is 210 g/mol. The first-order chi connectivity index (χ1) is 7.41. The van der Waals surface area contributed by atoms with Crippen LogP contribution in [0.2, 0.25) is 0 Å². The third-order valence-electron chi connectivity index (χ3n) is 3.01. The summed E-state index contributed by atoms with van der Waals surface area (Å²) in [6, 6.07) is 0. The van der Waals surface area contributed by atoms with Gasteiger partial charge in [-0.15, -0.1) is 0 Å². The lowest BCUT2D eigenvalue weighted by atomic mass is 10.1. The molecule has 15 heavy (non-hydrogen) atoms. The highest BCUT2D eigenvalue weighted by atomic mass is 14.0. The van der Waals surface area contributed by atoms with Crippen LogP contribution in [0.3, 0.4) is 0 Å². The molecule has 0 aromatic rings. The Balaban J connectivity index is 2.81. The molecular formula is C15H30. The molecule has 0 aliphatic carbocycles. The Morgan fingerprint density at radius 2 is 1.07 bits per heavy atom. The SMILES string of the molecule is [CH2][CH]CCCCCCCCCCCCC. The molecule has 0 aliphatic rings. The molecule has 0 aromatic carbocycles. The predicted molar refractivity (Wildman–Crippen MR) is 70.7 cm³/mol. The van der Waals surface area contributed by atoms with Crippen molar-refractivity contribution in [3.8, 4) is 0 Å². The summed E-state index contributed by atoms with van der Waals surface area (Å²) in [5.74, 6) is 0. The summed E-state index contributed by atoms with van der Waals surface area (Å²) in [5.41, 5.74) is 0. The van der Waals surface area contributed by atoms with E-state index in [0.29, 0.717) is 0 Å². The van der Waals surface area contributed by atoms with E-state index in [2.05, 4.69) is 13.8 Å². The van der Waals surface area contributed by atoms with Gasteiger partial charge in [-0.05, 0) is 13.3 Å². The molecule has 0 amide bonds. The molecule has 0 rings (SSSR count). The Morgan fingerprint density at radius 3 is 1.47 bits per heavy atom. The normalized spacial score (nSPS) is 10.8. The van der Waals surface area contributed by atoms with Crippen molar-refractivity contribution in [3.63, 3.8) is 0 Å². The second-order valence-electron chi connectivity index (χ2n) is 4.61. The summed E-state index contributed by atoms with van der Waals surface area (Å²) < 4.78 is 0. The lowest BCUT2D eigenvalue weighted by Gasteiger charge is -2.01. The molecule has 0 saturated carbocycles. The van der Waals surface area contributed by atoms with Crippen LogP contribution in [0.5, 0.6) is 0 Å². The van der Waals surface area contributed by atoms with Crippen molar-refractivity contribution in [1.29, 1.82) is 0 Å². The molecule has 2 radical (unpaired) electrons. The number of rotatable bonds is 12. The maximum Gasteiger partial charge on any atom is -0.0386 e. The van der Waals surface area contributed by atoms with Gasteiger partial charge in [-0.3, -0.25) is 0 Å². The van der Waals surface area contributed by atoms with Gasteiger partial charge in [0.05, 0.1) is 0 Å². The van der Waals surface area contributed by atoms with Crippen molar-refractivity contribution in [2.75, 3.05) is 0 Å². The van der Waals surface area contributed by atoms with Crippen LogP contribution in [0.4, 0.5) is 0 Å². The summed E-state index contributed by atoms with van der Waals surface area (Å²) in [6.45, 7) is 6.02. The van der Waals surface area contributed by atoms with Crippen LogP contribution in [0.15, 0.2) is 0 Å². The molecule has 0 spiro atoms. The molecule has 0 unspecified atom stereocenters. The van der Waals surface area contributed by atoms with Crippen molar-refractivity contribution >= 4 is 0 Å². The smallest absolute Gasteiger partial charge is 0.0386 e. The minimum atomic E-state index is 1.21. The highest BCUT2D eigenvalue weighted by Gasteiger charge is 1.92. The molecule has 0 N–H and O–H groups in total. The second kappa shape index (κ2) is 14.0. The Hall–Kier alpha value is 0. The molecule has 90 valence electrons. The van der Waals surface area contributed by atoms with Crippen LogP contribution < -0.4 is 0 Å². The van der Waals surface area contributed by atoms with Crippen LogP contribution in [0.1, 0.15) is 84.0 Å². The van der Waals surface area contributed by atoms with Crippen LogP contribution in [0, 0.1) is 13.3 Å². The number of hydrogen-bond donors (Lipinski definition) is 0. The van der Waals surface area contributed by atoms with E-state index in [4.69, 9.17) is 0 Å². The largest absolute Gasteiger partial charge is 0.0654 e. The number of unbranched alkanes of at least 4 members (excludes halogenated alkanes) is 12. The lowest BCUT2D eigenvalue weighted by Crippen LogP contribution is -1.82. The Labute approximate surface area is 97.8 Å². The Morgan fingerprint density at radius 1 is 0.667 bits per heavy atom. The van der Waals surface area contributed by atoms with Crippen LogP contribution >= 0.6 is 0 Å². The molecule has 0 fully saturated rings. The van der Waals surface area contributed by atoms with Gasteiger partial charge in [0.1, 0.15) is 0 Å². The van der Waals surface area contributed by atoms with E-state index in [9.17, 15) is 0 Å². The molecular weight excluding hydrogens is 180 g/mol. The fourth-order valence-corrected chi connectivity index (χ4v) is 1.95. The fraction of sp³-hybridized carbons (Fsp3) is 0.867. The van der Waals surface area contributed by atoms with E-state index in [1.54, 1.807) is 0 Å².